The van der Waals surface area contributed by atoms with E-state index in [0.29, 0.717) is 44.9 Å². The van der Waals surface area contributed by atoms with Crippen LogP contribution in [0, 0.1) is 11.8 Å². The van der Waals surface area contributed by atoms with Crippen LogP contribution in [0.25, 0.3) is 0 Å². The maximum Gasteiger partial charge on any atom is 0.323 e. The van der Waals surface area contributed by atoms with Crippen LogP contribution in [0.1, 0.15) is 40.0 Å². The normalized spacial score (nSPS) is 17.9. The summed E-state index contributed by atoms with van der Waals surface area (Å²) in [6.07, 6.45) is 2.18. The molecular formula is C16H29N3O4. The Morgan fingerprint density at radius 3 is 2.61 bits per heavy atom. The number of rotatable bonds is 7. The molecule has 1 fully saturated rings. The van der Waals surface area contributed by atoms with E-state index >= 15 is 0 Å². The lowest BCUT2D eigenvalue weighted by atomic mass is 9.96. The second-order valence-corrected chi connectivity index (χ2v) is 6.52. The van der Waals surface area contributed by atoms with Gasteiger partial charge in [0.1, 0.15) is 6.54 Å². The van der Waals surface area contributed by atoms with Crippen molar-refractivity contribution >= 4 is 17.9 Å². The van der Waals surface area contributed by atoms with Crippen LogP contribution in [0.15, 0.2) is 0 Å². The van der Waals surface area contributed by atoms with Crippen molar-refractivity contribution in [3.05, 3.63) is 0 Å². The molecule has 23 heavy (non-hydrogen) atoms. The van der Waals surface area contributed by atoms with E-state index in [1.807, 2.05) is 20.8 Å². The highest BCUT2D eigenvalue weighted by Gasteiger charge is 2.31. The molecule has 0 saturated carbocycles. The number of urea groups is 1. The summed E-state index contributed by atoms with van der Waals surface area (Å²) in [5, 5.41) is 11.8. The molecular weight excluding hydrogens is 298 g/mol. The first-order valence-corrected chi connectivity index (χ1v) is 8.38. The molecule has 1 unspecified atom stereocenters. The number of likely N-dealkylation sites (tertiary alicyclic amines) is 1. The quantitative estimate of drug-likeness (QED) is 0.739. The molecule has 1 aliphatic heterocycles. The average molecular weight is 327 g/mol. The Hall–Kier alpha value is -1.79. The van der Waals surface area contributed by atoms with Crippen molar-refractivity contribution in [1.82, 2.24) is 15.1 Å². The fourth-order valence-electron chi connectivity index (χ4n) is 2.72. The van der Waals surface area contributed by atoms with Crippen LogP contribution in [0.5, 0.6) is 0 Å². The minimum absolute atomic E-state index is 0.142. The third kappa shape index (κ3) is 6.46. The molecule has 0 aromatic carbocycles. The molecule has 1 aliphatic rings. The molecule has 0 radical (unpaired) electrons. The number of aliphatic carboxylic acids is 1. The molecule has 7 heteroatoms. The Morgan fingerprint density at radius 1 is 1.35 bits per heavy atom. The molecule has 132 valence electrons. The van der Waals surface area contributed by atoms with Crippen LogP contribution in [0.3, 0.4) is 0 Å². The number of hydrogen-bond acceptors (Lipinski definition) is 3. The number of carbonyl (C=O) groups excluding carboxylic acids is 2. The van der Waals surface area contributed by atoms with Gasteiger partial charge >= 0.3 is 12.0 Å². The largest absolute Gasteiger partial charge is 0.480 e. The fraction of sp³-hybridized carbons (Fsp3) is 0.812. The van der Waals surface area contributed by atoms with Crippen LogP contribution < -0.4 is 5.32 Å². The van der Waals surface area contributed by atoms with Crippen LogP contribution in [-0.4, -0.2) is 65.5 Å². The standard InChI is InChI=1S/C16H29N3O4/c1-4-7-18(11-14(20)21)15(22)13-6-5-8-19(10-13)16(23)17-9-12(2)3/h12-13H,4-11H2,1-3H3,(H,17,23)(H,20,21). The molecule has 1 saturated heterocycles. The van der Waals surface area contributed by atoms with Crippen molar-refractivity contribution in [3.8, 4) is 0 Å². The van der Waals surface area contributed by atoms with Gasteiger partial charge in [-0.15, -0.1) is 0 Å². The first kappa shape index (κ1) is 19.3. The lowest BCUT2D eigenvalue weighted by molar-refractivity contribution is -0.147. The van der Waals surface area contributed by atoms with E-state index in [1.54, 1.807) is 4.90 Å². The maximum atomic E-state index is 12.6. The summed E-state index contributed by atoms with van der Waals surface area (Å²) in [5.74, 6) is -1.10. The average Bonchev–Trinajstić information content (AvgIpc) is 2.51. The first-order valence-electron chi connectivity index (χ1n) is 8.38. The second kappa shape index (κ2) is 9.37. The summed E-state index contributed by atoms with van der Waals surface area (Å²) >= 11 is 0. The number of piperidine rings is 1. The number of carboxylic acids is 1. The van der Waals surface area contributed by atoms with Gasteiger partial charge in [0.05, 0.1) is 5.92 Å². The van der Waals surface area contributed by atoms with E-state index < -0.39 is 5.97 Å². The highest BCUT2D eigenvalue weighted by Crippen LogP contribution is 2.19. The SMILES string of the molecule is CCCN(CC(=O)O)C(=O)C1CCCN(C(=O)NCC(C)C)C1. The van der Waals surface area contributed by atoms with Gasteiger partial charge in [0.15, 0.2) is 0 Å². The molecule has 2 N–H and O–H groups in total. The van der Waals surface area contributed by atoms with E-state index in [0.717, 1.165) is 6.42 Å². The van der Waals surface area contributed by atoms with Crippen LogP contribution in [0.4, 0.5) is 4.79 Å². The molecule has 7 nitrogen and oxygen atoms in total. The smallest absolute Gasteiger partial charge is 0.323 e. The van der Waals surface area contributed by atoms with Gasteiger partial charge in [-0.25, -0.2) is 4.79 Å². The number of hydrogen-bond donors (Lipinski definition) is 2. The van der Waals surface area contributed by atoms with E-state index in [1.165, 1.54) is 4.90 Å². The number of amides is 3. The van der Waals surface area contributed by atoms with Gasteiger partial charge in [0.2, 0.25) is 5.91 Å². The van der Waals surface area contributed by atoms with Gasteiger partial charge in [-0.1, -0.05) is 20.8 Å². The van der Waals surface area contributed by atoms with E-state index in [4.69, 9.17) is 5.11 Å². The Bertz CT molecular complexity index is 426. The molecule has 1 heterocycles. The van der Waals surface area contributed by atoms with Crippen LogP contribution in [-0.2, 0) is 9.59 Å². The van der Waals surface area contributed by atoms with Gasteiger partial charge in [-0.2, -0.15) is 0 Å². The van der Waals surface area contributed by atoms with Crippen molar-refractivity contribution in [2.75, 3.05) is 32.7 Å². The summed E-state index contributed by atoms with van der Waals surface area (Å²) in [4.78, 5) is 38.7. The third-order valence-corrected chi connectivity index (χ3v) is 3.85. The fourth-order valence-corrected chi connectivity index (χ4v) is 2.72. The molecule has 0 spiro atoms. The zero-order valence-corrected chi connectivity index (χ0v) is 14.4. The Kier molecular flexibility index (Phi) is 7.85. The van der Waals surface area contributed by atoms with Crippen LogP contribution in [0.2, 0.25) is 0 Å². The Morgan fingerprint density at radius 2 is 2.04 bits per heavy atom. The molecule has 0 bridgehead atoms. The van der Waals surface area contributed by atoms with Crippen LogP contribution >= 0.6 is 0 Å². The zero-order valence-electron chi connectivity index (χ0n) is 14.4. The van der Waals surface area contributed by atoms with Crippen molar-refractivity contribution in [2.24, 2.45) is 11.8 Å². The van der Waals surface area contributed by atoms with Gasteiger partial charge in [-0.3, -0.25) is 9.59 Å². The van der Waals surface area contributed by atoms with Gasteiger partial charge in [-0.05, 0) is 25.2 Å². The van der Waals surface area contributed by atoms with Crippen molar-refractivity contribution in [2.45, 2.75) is 40.0 Å². The predicted octanol–water partition coefficient (Wildman–Crippen LogP) is 1.39. The molecule has 3 amide bonds. The monoisotopic (exact) mass is 327 g/mol. The Labute approximate surface area is 138 Å². The minimum Gasteiger partial charge on any atom is -0.480 e. The zero-order chi connectivity index (χ0) is 17.4. The minimum atomic E-state index is -1.01. The molecule has 1 atom stereocenters. The highest BCUT2D eigenvalue weighted by molar-refractivity contribution is 5.84. The van der Waals surface area contributed by atoms with E-state index in [2.05, 4.69) is 5.32 Å². The molecule has 1 rings (SSSR count). The Balaban J connectivity index is 2.62. The van der Waals surface area contributed by atoms with Gasteiger partial charge < -0.3 is 20.2 Å². The molecule has 0 aromatic rings. The lowest BCUT2D eigenvalue weighted by Crippen LogP contribution is -2.50. The summed E-state index contributed by atoms with van der Waals surface area (Å²) in [6.45, 7) is 7.73. The van der Waals surface area contributed by atoms with Crippen molar-refractivity contribution in [3.63, 3.8) is 0 Å². The third-order valence-electron chi connectivity index (χ3n) is 3.85. The summed E-state index contributed by atoms with van der Waals surface area (Å²) in [7, 11) is 0. The van der Waals surface area contributed by atoms with Gasteiger partial charge in [0.25, 0.3) is 0 Å². The van der Waals surface area contributed by atoms with Crippen molar-refractivity contribution in [1.29, 1.82) is 0 Å². The number of nitrogens with zero attached hydrogens (tertiary/aromatic N) is 2. The van der Waals surface area contributed by atoms with Crippen molar-refractivity contribution < 1.29 is 19.5 Å². The van der Waals surface area contributed by atoms with Gasteiger partial charge in [0, 0.05) is 26.2 Å². The molecule has 0 aliphatic carbocycles. The summed E-state index contributed by atoms with van der Waals surface area (Å²) < 4.78 is 0. The summed E-state index contributed by atoms with van der Waals surface area (Å²) in [6, 6.07) is -0.142. The topological polar surface area (TPSA) is 90.0 Å². The number of carbonyl (C=O) groups is 3. The maximum absolute atomic E-state index is 12.6. The predicted molar refractivity (Wildman–Crippen MR) is 87.0 cm³/mol. The lowest BCUT2D eigenvalue weighted by Gasteiger charge is -2.34. The summed E-state index contributed by atoms with van der Waals surface area (Å²) in [5.41, 5.74) is 0. The number of carboxylic acid groups (broad SMARTS) is 1. The second-order valence-electron chi connectivity index (χ2n) is 6.52. The van der Waals surface area contributed by atoms with E-state index in [-0.39, 0.29) is 24.4 Å². The van der Waals surface area contributed by atoms with E-state index in [9.17, 15) is 14.4 Å². The number of nitrogens with one attached hydrogen (secondary N) is 1. The highest BCUT2D eigenvalue weighted by atomic mass is 16.4. The first-order chi connectivity index (χ1) is 10.8. The molecule has 0 aromatic heterocycles.